The van der Waals surface area contributed by atoms with Gasteiger partial charge < -0.3 is 10.3 Å². The summed E-state index contributed by atoms with van der Waals surface area (Å²) in [5.74, 6) is 0.791. The quantitative estimate of drug-likeness (QED) is 0.751. The summed E-state index contributed by atoms with van der Waals surface area (Å²) in [7, 11) is -3.17. The second kappa shape index (κ2) is 6.04. The summed E-state index contributed by atoms with van der Waals surface area (Å²) < 4.78 is 23.1. The summed E-state index contributed by atoms with van der Waals surface area (Å²) in [5.41, 5.74) is 1.88. The number of pyridine rings is 1. The maximum atomic E-state index is 11.5. The van der Waals surface area contributed by atoms with Crippen molar-refractivity contribution < 1.29 is 8.42 Å². The lowest BCUT2D eigenvalue weighted by molar-refractivity contribution is 0.601. The first kappa shape index (κ1) is 15.6. The van der Waals surface area contributed by atoms with Gasteiger partial charge in [0.1, 0.15) is 11.5 Å². The topological polar surface area (TPSA) is 74.8 Å². The van der Waals surface area contributed by atoms with E-state index in [0.29, 0.717) is 4.90 Å². The van der Waals surface area contributed by atoms with E-state index in [1.165, 1.54) is 6.26 Å². The molecule has 0 aliphatic heterocycles. The van der Waals surface area contributed by atoms with Crippen LogP contribution in [0, 0.1) is 0 Å². The Balaban J connectivity index is 1.84. The molecule has 3 rings (SSSR count). The molecule has 0 saturated heterocycles. The molecular weight excluding hydrogens is 310 g/mol. The smallest absolute Gasteiger partial charge is 0.175 e. The normalized spacial score (nSPS) is 13.1. The van der Waals surface area contributed by atoms with Crippen LogP contribution < -0.4 is 5.32 Å². The molecule has 3 aromatic rings. The fourth-order valence-corrected chi connectivity index (χ4v) is 3.19. The molecular formula is C17H19N3O2S. The predicted octanol–water partition coefficient (Wildman–Crippen LogP) is 3.53. The van der Waals surface area contributed by atoms with Crippen LogP contribution in [-0.2, 0) is 9.84 Å². The van der Waals surface area contributed by atoms with Gasteiger partial charge in [0, 0.05) is 17.8 Å². The Morgan fingerprint density at radius 3 is 2.52 bits per heavy atom. The van der Waals surface area contributed by atoms with E-state index in [-0.39, 0.29) is 6.04 Å². The largest absolute Gasteiger partial charge is 0.363 e. The predicted molar refractivity (Wildman–Crippen MR) is 92.3 cm³/mol. The highest BCUT2D eigenvalue weighted by molar-refractivity contribution is 7.90. The molecule has 1 aromatic carbocycles. The van der Waals surface area contributed by atoms with Crippen molar-refractivity contribution in [1.82, 2.24) is 9.97 Å². The van der Waals surface area contributed by atoms with E-state index in [0.717, 1.165) is 28.8 Å². The van der Waals surface area contributed by atoms with Gasteiger partial charge in [-0.05, 0) is 42.3 Å². The van der Waals surface area contributed by atoms with E-state index in [4.69, 9.17) is 0 Å². The lowest BCUT2D eigenvalue weighted by atomic mass is 10.0. The molecule has 5 nitrogen and oxygen atoms in total. The fraction of sp³-hybridized carbons (Fsp3) is 0.235. The molecule has 2 aromatic heterocycles. The maximum Gasteiger partial charge on any atom is 0.175 e. The van der Waals surface area contributed by atoms with Crippen LogP contribution in [0.15, 0.2) is 53.6 Å². The van der Waals surface area contributed by atoms with Crippen molar-refractivity contribution >= 4 is 26.7 Å². The average Bonchev–Trinajstić information content (AvgIpc) is 2.99. The van der Waals surface area contributed by atoms with E-state index in [9.17, 15) is 8.42 Å². The van der Waals surface area contributed by atoms with Crippen molar-refractivity contribution in [3.63, 3.8) is 0 Å². The number of hydrogen-bond donors (Lipinski definition) is 2. The summed E-state index contributed by atoms with van der Waals surface area (Å²) in [6, 6.07) is 13.0. The molecule has 1 atom stereocenters. The number of hydrogen-bond acceptors (Lipinski definition) is 4. The standard InChI is InChI=1S/C17H19N3O2S/c1-3-15(12-4-7-14(8-5-12)23(2,21)22)19-16-9-6-13-10-11-18-17(13)20-16/h4-11,15H,3H2,1-2H3,(H2,18,19,20). The van der Waals surface area contributed by atoms with Crippen LogP contribution in [0.5, 0.6) is 0 Å². The van der Waals surface area contributed by atoms with Crippen LogP contribution in [0.4, 0.5) is 5.82 Å². The van der Waals surface area contributed by atoms with Gasteiger partial charge in [0.15, 0.2) is 9.84 Å². The summed E-state index contributed by atoms with van der Waals surface area (Å²) in [6.45, 7) is 2.08. The molecule has 2 heterocycles. The second-order valence-electron chi connectivity index (χ2n) is 5.56. The zero-order valence-corrected chi connectivity index (χ0v) is 13.9. The summed E-state index contributed by atoms with van der Waals surface area (Å²) in [6.07, 6.45) is 3.94. The first-order valence-corrected chi connectivity index (χ1v) is 9.37. The van der Waals surface area contributed by atoms with Gasteiger partial charge in [-0.15, -0.1) is 0 Å². The Hall–Kier alpha value is -2.34. The highest BCUT2D eigenvalue weighted by Crippen LogP contribution is 2.24. The van der Waals surface area contributed by atoms with Gasteiger partial charge in [-0.25, -0.2) is 13.4 Å². The molecule has 0 spiro atoms. The number of fused-ring (bicyclic) bond motifs is 1. The van der Waals surface area contributed by atoms with E-state index in [1.54, 1.807) is 12.1 Å². The highest BCUT2D eigenvalue weighted by atomic mass is 32.2. The third-order valence-corrected chi connectivity index (χ3v) is 4.98. The molecule has 6 heteroatoms. The van der Waals surface area contributed by atoms with Crippen molar-refractivity contribution in [3.8, 4) is 0 Å². The number of H-pyrrole nitrogens is 1. The van der Waals surface area contributed by atoms with Gasteiger partial charge >= 0.3 is 0 Å². The lowest BCUT2D eigenvalue weighted by Crippen LogP contribution is -2.11. The first-order chi connectivity index (χ1) is 11.0. The molecule has 0 aliphatic rings. The van der Waals surface area contributed by atoms with Gasteiger partial charge in [-0.3, -0.25) is 0 Å². The molecule has 0 radical (unpaired) electrons. The van der Waals surface area contributed by atoms with E-state index in [2.05, 4.69) is 22.2 Å². The first-order valence-electron chi connectivity index (χ1n) is 7.48. The second-order valence-corrected chi connectivity index (χ2v) is 7.57. The average molecular weight is 329 g/mol. The van der Waals surface area contributed by atoms with Crippen molar-refractivity contribution in [2.24, 2.45) is 0 Å². The van der Waals surface area contributed by atoms with E-state index < -0.39 is 9.84 Å². The van der Waals surface area contributed by atoms with Crippen LogP contribution in [0.25, 0.3) is 11.0 Å². The van der Waals surface area contributed by atoms with Gasteiger partial charge in [0.05, 0.1) is 10.9 Å². The van der Waals surface area contributed by atoms with Crippen LogP contribution >= 0.6 is 0 Å². The Morgan fingerprint density at radius 2 is 1.87 bits per heavy atom. The van der Waals surface area contributed by atoms with Gasteiger partial charge in [0.2, 0.25) is 0 Å². The summed E-state index contributed by atoms with van der Waals surface area (Å²) in [4.78, 5) is 7.98. The number of nitrogens with zero attached hydrogens (tertiary/aromatic N) is 1. The lowest BCUT2D eigenvalue weighted by Gasteiger charge is -2.18. The van der Waals surface area contributed by atoms with Crippen molar-refractivity contribution in [3.05, 3.63) is 54.2 Å². The molecule has 0 aliphatic carbocycles. The van der Waals surface area contributed by atoms with Crippen LogP contribution in [-0.4, -0.2) is 24.6 Å². The van der Waals surface area contributed by atoms with Gasteiger partial charge in [0.25, 0.3) is 0 Å². The minimum atomic E-state index is -3.17. The number of nitrogens with one attached hydrogen (secondary N) is 2. The van der Waals surface area contributed by atoms with Crippen molar-refractivity contribution in [1.29, 1.82) is 0 Å². The van der Waals surface area contributed by atoms with Gasteiger partial charge in [-0.2, -0.15) is 0 Å². The van der Waals surface area contributed by atoms with Crippen LogP contribution in [0.3, 0.4) is 0 Å². The fourth-order valence-electron chi connectivity index (χ4n) is 2.56. The van der Waals surface area contributed by atoms with Crippen molar-refractivity contribution in [2.75, 3.05) is 11.6 Å². The minimum Gasteiger partial charge on any atom is -0.363 e. The zero-order valence-electron chi connectivity index (χ0n) is 13.1. The molecule has 1 unspecified atom stereocenters. The zero-order chi connectivity index (χ0) is 16.4. The Labute approximate surface area is 135 Å². The van der Waals surface area contributed by atoms with Crippen LogP contribution in [0.1, 0.15) is 24.9 Å². The molecule has 0 bridgehead atoms. The minimum absolute atomic E-state index is 0.0727. The van der Waals surface area contributed by atoms with Crippen molar-refractivity contribution in [2.45, 2.75) is 24.3 Å². The van der Waals surface area contributed by atoms with E-state index >= 15 is 0 Å². The Morgan fingerprint density at radius 1 is 1.13 bits per heavy atom. The van der Waals surface area contributed by atoms with Crippen LogP contribution in [0.2, 0.25) is 0 Å². The third kappa shape index (κ3) is 3.37. The third-order valence-electron chi connectivity index (χ3n) is 3.85. The monoisotopic (exact) mass is 329 g/mol. The number of sulfone groups is 1. The molecule has 0 amide bonds. The summed E-state index contributed by atoms with van der Waals surface area (Å²) in [5, 5.41) is 4.48. The number of aromatic amines is 1. The van der Waals surface area contributed by atoms with Gasteiger partial charge in [-0.1, -0.05) is 19.1 Å². The molecule has 0 saturated carbocycles. The molecule has 2 N–H and O–H groups in total. The molecule has 0 fully saturated rings. The maximum absolute atomic E-state index is 11.5. The number of anilines is 1. The van der Waals surface area contributed by atoms with E-state index in [1.807, 2.05) is 36.5 Å². The number of benzene rings is 1. The Kier molecular flexibility index (Phi) is 4.09. The summed E-state index contributed by atoms with van der Waals surface area (Å²) >= 11 is 0. The molecule has 120 valence electrons. The SMILES string of the molecule is CCC(Nc1ccc2cc[nH]c2n1)c1ccc(S(C)(=O)=O)cc1. The Bertz CT molecular complexity index is 914. The number of rotatable bonds is 5. The number of aromatic nitrogens is 2. The molecule has 23 heavy (non-hydrogen) atoms. The highest BCUT2D eigenvalue weighted by Gasteiger charge is 2.12.